The van der Waals surface area contributed by atoms with Crippen molar-refractivity contribution >= 4 is 0 Å². The minimum absolute atomic E-state index is 0.250. The molecule has 0 atom stereocenters. The van der Waals surface area contributed by atoms with Crippen molar-refractivity contribution in [3.05, 3.63) is 0 Å². The Morgan fingerprint density at radius 1 is 0.316 bits per heavy atom. The third-order valence-electron chi connectivity index (χ3n) is 5.10. The Kier molecular flexibility index (Phi) is 70.8. The van der Waals surface area contributed by atoms with E-state index < -0.39 is 0 Å². The fourth-order valence-corrected chi connectivity index (χ4v) is 3.11. The summed E-state index contributed by atoms with van der Waals surface area (Å²) in [6, 6.07) is 0. The molecule has 0 bridgehead atoms. The molecule has 0 amide bonds. The third-order valence-corrected chi connectivity index (χ3v) is 5.10. The van der Waals surface area contributed by atoms with Crippen LogP contribution in [0.15, 0.2) is 0 Å². The van der Waals surface area contributed by atoms with Gasteiger partial charge in [-0.05, 0) is 62.2 Å². The molecule has 4 nitrogen and oxygen atoms in total. The van der Waals surface area contributed by atoms with E-state index >= 15 is 0 Å². The molecular weight excluding hydrogens is 472 g/mol. The second-order valence-electron chi connectivity index (χ2n) is 11.7. The third kappa shape index (κ3) is 111. The van der Waals surface area contributed by atoms with Gasteiger partial charge in [-0.3, -0.25) is 0 Å². The Balaban J connectivity index is -0.0000000810. The van der Waals surface area contributed by atoms with Crippen molar-refractivity contribution in [2.45, 2.75) is 173 Å². The lowest BCUT2D eigenvalue weighted by molar-refractivity contribution is 0.256. The van der Waals surface area contributed by atoms with Gasteiger partial charge in [0.2, 0.25) is 0 Å². The smallest absolute Gasteiger partial charge is 0.0431 e. The second kappa shape index (κ2) is 53.1. The number of rotatable bonds is 16. The molecule has 0 aliphatic heterocycles. The molecule has 0 aromatic heterocycles. The molecule has 4 N–H and O–H groups in total. The minimum atomic E-state index is 0.250. The Labute approximate surface area is 243 Å². The van der Waals surface area contributed by atoms with E-state index in [-0.39, 0.29) is 26.4 Å². The van der Waals surface area contributed by atoms with E-state index in [0.29, 0.717) is 0 Å². The summed E-state index contributed by atoms with van der Waals surface area (Å²) < 4.78 is 0. The van der Waals surface area contributed by atoms with E-state index in [1.165, 1.54) is 51.4 Å². The summed E-state index contributed by atoms with van der Waals surface area (Å²) in [5.74, 6) is 3.59. The first-order chi connectivity index (χ1) is 17.9. The van der Waals surface area contributed by atoms with Gasteiger partial charge in [0.25, 0.3) is 0 Å². The maximum Gasteiger partial charge on any atom is 0.0431 e. The summed E-state index contributed by atoms with van der Waals surface area (Å²) in [5, 5.41) is 32.8. The number of aliphatic hydroxyl groups is 4. The summed E-state index contributed by atoms with van der Waals surface area (Å²) in [6.07, 6.45) is 16.0. The van der Waals surface area contributed by atoms with Crippen molar-refractivity contribution in [3.63, 3.8) is 0 Å². The average molecular weight is 553 g/mol. The van der Waals surface area contributed by atoms with Crippen LogP contribution in [0, 0.1) is 23.7 Å². The van der Waals surface area contributed by atoms with Crippen LogP contribution in [0.25, 0.3) is 0 Å². The molecule has 0 saturated carbocycles. The molecule has 0 aromatic rings. The predicted octanol–water partition coefficient (Wildman–Crippen LogP) is 10.1. The lowest BCUT2D eigenvalue weighted by atomic mass is 10.1. The van der Waals surface area contributed by atoms with Crippen LogP contribution in [-0.4, -0.2) is 46.9 Å². The molecule has 0 fully saturated rings. The summed E-state index contributed by atoms with van der Waals surface area (Å²) in [4.78, 5) is 0. The van der Waals surface area contributed by atoms with Gasteiger partial charge in [0.1, 0.15) is 0 Å². The molecule has 240 valence electrons. The fourth-order valence-electron chi connectivity index (χ4n) is 3.11. The number of hydrogen-bond acceptors (Lipinski definition) is 4. The number of unbranched alkanes of at least 4 members (excludes halogenated alkanes) is 4. The summed E-state index contributed by atoms with van der Waals surface area (Å²) >= 11 is 0. The standard InChI is InChI=1S/4C6H14.2C5H12O2/c4*1-4-5-6(2)3;2*6-4-2-1-3-5-7/h4*6H,4-5H2,1-3H3;2*6-7H,1-5H2. The Hall–Kier alpha value is -0.160. The molecule has 0 rings (SSSR count). The van der Waals surface area contributed by atoms with Gasteiger partial charge in [0.05, 0.1) is 0 Å². The van der Waals surface area contributed by atoms with Crippen molar-refractivity contribution < 1.29 is 20.4 Å². The Morgan fingerprint density at radius 2 is 0.474 bits per heavy atom. The maximum absolute atomic E-state index is 8.21. The van der Waals surface area contributed by atoms with Gasteiger partial charge < -0.3 is 20.4 Å². The molecular formula is C34H80O4. The van der Waals surface area contributed by atoms with Gasteiger partial charge >= 0.3 is 0 Å². The molecule has 0 saturated heterocycles. The zero-order chi connectivity index (χ0) is 31.0. The van der Waals surface area contributed by atoms with Crippen LogP contribution in [0.3, 0.4) is 0 Å². The zero-order valence-corrected chi connectivity index (χ0v) is 28.8. The van der Waals surface area contributed by atoms with Gasteiger partial charge in [0.15, 0.2) is 0 Å². The van der Waals surface area contributed by atoms with Crippen LogP contribution in [-0.2, 0) is 0 Å². The van der Waals surface area contributed by atoms with Crippen LogP contribution >= 0.6 is 0 Å². The van der Waals surface area contributed by atoms with Gasteiger partial charge in [-0.15, -0.1) is 0 Å². The van der Waals surface area contributed by atoms with Gasteiger partial charge in [0, 0.05) is 26.4 Å². The molecule has 0 radical (unpaired) electrons. The first-order valence-electron chi connectivity index (χ1n) is 16.3. The van der Waals surface area contributed by atoms with Crippen molar-refractivity contribution in [2.75, 3.05) is 26.4 Å². The summed E-state index contributed by atoms with van der Waals surface area (Å²) in [6.45, 7) is 27.9. The van der Waals surface area contributed by atoms with Crippen molar-refractivity contribution in [1.82, 2.24) is 0 Å². The molecule has 4 heteroatoms. The molecule has 0 heterocycles. The lowest BCUT2D eigenvalue weighted by Gasteiger charge is -1.95. The summed E-state index contributed by atoms with van der Waals surface area (Å²) in [7, 11) is 0. The van der Waals surface area contributed by atoms with Gasteiger partial charge in [-0.2, -0.15) is 0 Å². The predicted molar refractivity (Wildman–Crippen MR) is 175 cm³/mol. The van der Waals surface area contributed by atoms with Crippen molar-refractivity contribution in [2.24, 2.45) is 23.7 Å². The summed E-state index contributed by atoms with van der Waals surface area (Å²) in [5.41, 5.74) is 0. The molecule has 0 aromatic carbocycles. The first-order valence-corrected chi connectivity index (χ1v) is 16.3. The second-order valence-corrected chi connectivity index (χ2v) is 11.7. The molecule has 0 spiro atoms. The average Bonchev–Trinajstić information content (AvgIpc) is 2.81. The van der Waals surface area contributed by atoms with E-state index in [2.05, 4.69) is 83.1 Å². The normalized spacial score (nSPS) is 9.79. The highest BCUT2D eigenvalue weighted by atomic mass is 16.3. The first kappa shape index (κ1) is 50.7. The largest absolute Gasteiger partial charge is 0.396 e. The topological polar surface area (TPSA) is 80.9 Å². The van der Waals surface area contributed by atoms with E-state index in [0.717, 1.165) is 62.2 Å². The Morgan fingerprint density at radius 3 is 0.526 bits per heavy atom. The molecule has 0 aliphatic rings. The molecule has 0 unspecified atom stereocenters. The van der Waals surface area contributed by atoms with Crippen molar-refractivity contribution in [3.8, 4) is 0 Å². The Bertz CT molecular complexity index is 247. The van der Waals surface area contributed by atoms with E-state index in [9.17, 15) is 0 Å². The monoisotopic (exact) mass is 553 g/mol. The SMILES string of the molecule is CCCC(C)C.CCCC(C)C.CCCC(C)C.CCCC(C)C.OCCCCCO.OCCCCCO. The number of hydrogen-bond donors (Lipinski definition) is 4. The highest BCUT2D eigenvalue weighted by molar-refractivity contribution is 4.40. The van der Waals surface area contributed by atoms with Gasteiger partial charge in [-0.1, -0.05) is 134 Å². The van der Waals surface area contributed by atoms with Crippen LogP contribution in [0.4, 0.5) is 0 Å². The van der Waals surface area contributed by atoms with E-state index in [1.807, 2.05) is 0 Å². The fraction of sp³-hybridized carbons (Fsp3) is 1.00. The lowest BCUT2D eigenvalue weighted by Crippen LogP contribution is -1.85. The number of aliphatic hydroxyl groups excluding tert-OH is 4. The molecule has 38 heavy (non-hydrogen) atoms. The zero-order valence-electron chi connectivity index (χ0n) is 28.8. The minimum Gasteiger partial charge on any atom is -0.396 e. The highest BCUT2D eigenvalue weighted by Crippen LogP contribution is 2.02. The quantitative estimate of drug-likeness (QED) is 0.144. The van der Waals surface area contributed by atoms with E-state index in [1.54, 1.807) is 0 Å². The van der Waals surface area contributed by atoms with Crippen LogP contribution in [0.5, 0.6) is 0 Å². The molecule has 0 aliphatic carbocycles. The van der Waals surface area contributed by atoms with Crippen LogP contribution < -0.4 is 0 Å². The van der Waals surface area contributed by atoms with Crippen LogP contribution in [0.1, 0.15) is 173 Å². The van der Waals surface area contributed by atoms with E-state index in [4.69, 9.17) is 20.4 Å². The van der Waals surface area contributed by atoms with Crippen LogP contribution in [0.2, 0.25) is 0 Å². The van der Waals surface area contributed by atoms with Gasteiger partial charge in [-0.25, -0.2) is 0 Å². The highest BCUT2D eigenvalue weighted by Gasteiger charge is 1.87. The maximum atomic E-state index is 8.21. The van der Waals surface area contributed by atoms with Crippen molar-refractivity contribution in [1.29, 1.82) is 0 Å².